The first-order valence-corrected chi connectivity index (χ1v) is 7.33. The quantitative estimate of drug-likeness (QED) is 0.839. The molecule has 0 radical (unpaired) electrons. The van der Waals surface area contributed by atoms with Gasteiger partial charge in [-0.25, -0.2) is 0 Å². The molecule has 0 aromatic rings. The van der Waals surface area contributed by atoms with E-state index in [4.69, 9.17) is 5.73 Å². The van der Waals surface area contributed by atoms with Crippen molar-refractivity contribution in [2.75, 3.05) is 6.54 Å². The summed E-state index contributed by atoms with van der Waals surface area (Å²) in [6.07, 6.45) is 4.74. The Labute approximate surface area is 123 Å². The van der Waals surface area contributed by atoms with E-state index in [0.717, 1.165) is 6.42 Å². The van der Waals surface area contributed by atoms with Crippen molar-refractivity contribution in [3.05, 3.63) is 0 Å². The zero-order valence-corrected chi connectivity index (χ0v) is 13.5. The SMILES string of the molecule is CC1(C)C(C(=O)NC2CCCCC2CN)C1(C)C.Cl. The number of nitrogens with two attached hydrogens (primary N) is 1. The van der Waals surface area contributed by atoms with Crippen LogP contribution in [0.25, 0.3) is 0 Å². The molecule has 0 aromatic heterocycles. The van der Waals surface area contributed by atoms with Crippen molar-refractivity contribution in [3.8, 4) is 0 Å². The molecule has 0 heterocycles. The molecule has 2 rings (SSSR count). The summed E-state index contributed by atoms with van der Waals surface area (Å²) in [5, 5.41) is 3.27. The summed E-state index contributed by atoms with van der Waals surface area (Å²) in [6.45, 7) is 9.47. The maximum Gasteiger partial charge on any atom is 0.224 e. The van der Waals surface area contributed by atoms with E-state index in [1.54, 1.807) is 0 Å². The second-order valence-corrected chi connectivity index (χ2v) is 7.27. The highest BCUT2D eigenvalue weighted by atomic mass is 35.5. The van der Waals surface area contributed by atoms with Crippen molar-refractivity contribution in [2.45, 2.75) is 59.4 Å². The third-order valence-electron chi connectivity index (χ3n) is 5.82. The van der Waals surface area contributed by atoms with Crippen molar-refractivity contribution in [2.24, 2.45) is 28.4 Å². The monoisotopic (exact) mass is 288 g/mol. The van der Waals surface area contributed by atoms with Crippen LogP contribution in [0.2, 0.25) is 0 Å². The minimum atomic E-state index is 0. The number of halogens is 1. The Morgan fingerprint density at radius 2 is 1.68 bits per heavy atom. The zero-order valence-electron chi connectivity index (χ0n) is 12.7. The van der Waals surface area contributed by atoms with Crippen LogP contribution in [0.1, 0.15) is 53.4 Å². The molecular formula is C15H29ClN2O. The fourth-order valence-electron chi connectivity index (χ4n) is 3.80. The Balaban J connectivity index is 0.00000180. The van der Waals surface area contributed by atoms with Gasteiger partial charge in [0.2, 0.25) is 5.91 Å². The molecule has 1 amide bonds. The van der Waals surface area contributed by atoms with E-state index in [2.05, 4.69) is 33.0 Å². The minimum absolute atomic E-state index is 0. The molecule has 112 valence electrons. The van der Waals surface area contributed by atoms with Crippen LogP contribution >= 0.6 is 12.4 Å². The molecule has 2 aliphatic carbocycles. The van der Waals surface area contributed by atoms with Crippen molar-refractivity contribution in [1.29, 1.82) is 0 Å². The second-order valence-electron chi connectivity index (χ2n) is 7.27. The van der Waals surface area contributed by atoms with E-state index in [1.807, 2.05) is 0 Å². The molecule has 2 saturated carbocycles. The molecule has 19 heavy (non-hydrogen) atoms. The maximum absolute atomic E-state index is 12.4. The molecule has 2 unspecified atom stereocenters. The van der Waals surface area contributed by atoms with E-state index < -0.39 is 0 Å². The van der Waals surface area contributed by atoms with Crippen LogP contribution in [0, 0.1) is 22.7 Å². The normalized spacial score (nSPS) is 32.3. The summed E-state index contributed by atoms with van der Waals surface area (Å²) in [4.78, 5) is 12.4. The average molecular weight is 289 g/mol. The number of amides is 1. The number of rotatable bonds is 3. The molecule has 0 aliphatic heterocycles. The lowest BCUT2D eigenvalue weighted by atomic mass is 9.84. The number of hydrogen-bond acceptors (Lipinski definition) is 2. The van der Waals surface area contributed by atoms with E-state index in [9.17, 15) is 4.79 Å². The molecule has 0 saturated heterocycles. The van der Waals surface area contributed by atoms with Crippen LogP contribution in [0.5, 0.6) is 0 Å². The van der Waals surface area contributed by atoms with Gasteiger partial charge in [-0.05, 0) is 36.1 Å². The summed E-state index contributed by atoms with van der Waals surface area (Å²) in [5.74, 6) is 0.883. The van der Waals surface area contributed by atoms with Gasteiger partial charge in [-0.1, -0.05) is 40.5 Å². The minimum Gasteiger partial charge on any atom is -0.353 e. The van der Waals surface area contributed by atoms with Gasteiger partial charge in [0.05, 0.1) is 0 Å². The Bertz CT molecular complexity index is 327. The largest absolute Gasteiger partial charge is 0.353 e. The number of nitrogens with one attached hydrogen (secondary N) is 1. The number of carbonyl (C=O) groups excluding carboxylic acids is 1. The highest BCUT2D eigenvalue weighted by molar-refractivity contribution is 5.85. The summed E-state index contributed by atoms with van der Waals surface area (Å²) < 4.78 is 0. The molecule has 0 aromatic carbocycles. The lowest BCUT2D eigenvalue weighted by molar-refractivity contribution is -0.124. The summed E-state index contributed by atoms with van der Waals surface area (Å²) in [7, 11) is 0. The number of carbonyl (C=O) groups is 1. The third kappa shape index (κ3) is 2.78. The van der Waals surface area contributed by atoms with Gasteiger partial charge in [-0.2, -0.15) is 0 Å². The third-order valence-corrected chi connectivity index (χ3v) is 5.82. The summed E-state index contributed by atoms with van der Waals surface area (Å²) in [6, 6.07) is 0.309. The predicted molar refractivity (Wildman–Crippen MR) is 81.2 cm³/mol. The molecule has 2 atom stereocenters. The maximum atomic E-state index is 12.4. The van der Waals surface area contributed by atoms with Crippen LogP contribution in [0.4, 0.5) is 0 Å². The van der Waals surface area contributed by atoms with Gasteiger partial charge < -0.3 is 11.1 Å². The second kappa shape index (κ2) is 5.61. The Kier molecular flexibility index (Phi) is 4.95. The van der Waals surface area contributed by atoms with Gasteiger partial charge in [-0.3, -0.25) is 4.79 Å². The molecule has 3 nitrogen and oxygen atoms in total. The van der Waals surface area contributed by atoms with Crippen molar-refractivity contribution in [3.63, 3.8) is 0 Å². The van der Waals surface area contributed by atoms with Crippen LogP contribution in [0.15, 0.2) is 0 Å². The fraction of sp³-hybridized carbons (Fsp3) is 0.933. The van der Waals surface area contributed by atoms with Crippen LogP contribution < -0.4 is 11.1 Å². The molecule has 0 spiro atoms. The molecular weight excluding hydrogens is 260 g/mol. The first kappa shape index (κ1) is 16.8. The van der Waals surface area contributed by atoms with Crippen molar-refractivity contribution in [1.82, 2.24) is 5.32 Å². The highest BCUT2D eigenvalue weighted by Crippen LogP contribution is 2.68. The van der Waals surface area contributed by atoms with Crippen LogP contribution in [-0.4, -0.2) is 18.5 Å². The molecule has 2 aliphatic rings. The standard InChI is InChI=1S/C15H28N2O.ClH/c1-14(2)12(15(14,3)4)13(18)17-11-8-6-5-7-10(11)9-16;/h10-12H,5-9,16H2,1-4H3,(H,17,18);1H. The van der Waals surface area contributed by atoms with Gasteiger partial charge >= 0.3 is 0 Å². The Morgan fingerprint density at radius 1 is 1.16 bits per heavy atom. The highest BCUT2D eigenvalue weighted by Gasteiger charge is 2.68. The van der Waals surface area contributed by atoms with E-state index in [1.165, 1.54) is 19.3 Å². The summed E-state index contributed by atoms with van der Waals surface area (Å²) in [5.41, 5.74) is 6.07. The first-order valence-electron chi connectivity index (χ1n) is 7.33. The Morgan fingerprint density at radius 3 is 2.16 bits per heavy atom. The Hall–Kier alpha value is -0.280. The van der Waals surface area contributed by atoms with E-state index in [0.29, 0.717) is 18.5 Å². The fourth-order valence-corrected chi connectivity index (χ4v) is 3.80. The smallest absolute Gasteiger partial charge is 0.224 e. The van der Waals surface area contributed by atoms with Crippen molar-refractivity contribution >= 4 is 18.3 Å². The average Bonchev–Trinajstić information content (AvgIpc) is 2.70. The van der Waals surface area contributed by atoms with Gasteiger partial charge in [0.15, 0.2) is 0 Å². The van der Waals surface area contributed by atoms with Gasteiger partial charge in [0, 0.05) is 12.0 Å². The van der Waals surface area contributed by atoms with Crippen LogP contribution in [-0.2, 0) is 4.79 Å². The predicted octanol–water partition coefficient (Wildman–Crippen LogP) is 2.72. The topological polar surface area (TPSA) is 55.1 Å². The number of hydrogen-bond donors (Lipinski definition) is 2. The first-order chi connectivity index (χ1) is 8.32. The summed E-state index contributed by atoms with van der Waals surface area (Å²) >= 11 is 0. The molecule has 3 N–H and O–H groups in total. The molecule has 4 heteroatoms. The van der Waals surface area contributed by atoms with E-state index in [-0.39, 0.29) is 35.1 Å². The van der Waals surface area contributed by atoms with Gasteiger partial charge in [-0.15, -0.1) is 12.4 Å². The molecule has 2 fully saturated rings. The lowest BCUT2D eigenvalue weighted by Crippen LogP contribution is -2.45. The lowest BCUT2D eigenvalue weighted by Gasteiger charge is -2.31. The zero-order chi connectivity index (χ0) is 13.6. The van der Waals surface area contributed by atoms with Crippen LogP contribution in [0.3, 0.4) is 0 Å². The van der Waals surface area contributed by atoms with Gasteiger partial charge in [0.1, 0.15) is 0 Å². The van der Waals surface area contributed by atoms with Crippen molar-refractivity contribution < 1.29 is 4.79 Å². The van der Waals surface area contributed by atoms with Gasteiger partial charge in [0.25, 0.3) is 0 Å². The molecule has 0 bridgehead atoms. The van der Waals surface area contributed by atoms with E-state index >= 15 is 0 Å².